The predicted molar refractivity (Wildman–Crippen MR) is 122 cm³/mol. The van der Waals surface area contributed by atoms with Crippen molar-refractivity contribution in [3.8, 4) is 11.5 Å². The first-order chi connectivity index (χ1) is 15.8. The minimum atomic E-state index is -0.922. The number of carbonyl (C=O) groups excluding carboxylic acids is 2. The quantitative estimate of drug-likeness (QED) is 0.459. The van der Waals surface area contributed by atoms with Crippen LogP contribution in [0.4, 0.5) is 0 Å². The second kappa shape index (κ2) is 10.5. The molecule has 172 valence electrons. The number of aromatic hydroxyl groups is 1. The van der Waals surface area contributed by atoms with E-state index in [2.05, 4.69) is 5.32 Å². The number of primary amides is 1. The zero-order chi connectivity index (χ0) is 24.0. The lowest BCUT2D eigenvalue weighted by atomic mass is 9.91. The molecule has 0 bridgehead atoms. The lowest BCUT2D eigenvalue weighted by molar-refractivity contribution is -0.127. The standard InChI is InChI=1S/C25H26N2O6/c1-15-12-21(28)23(30)24(33-15)19(17-8-10-18(32-2)11-9-17)14-22(29)27-20(25(26)31)13-16-6-4-3-5-7-16/h3-12,19-20,30H,13-14H2,1-2H3,(H2,26,31)(H,27,29). The van der Waals surface area contributed by atoms with Gasteiger partial charge >= 0.3 is 0 Å². The number of nitrogens with one attached hydrogen (secondary N) is 1. The molecule has 8 nitrogen and oxygen atoms in total. The second-order valence-electron chi connectivity index (χ2n) is 7.68. The molecule has 0 radical (unpaired) electrons. The third-order valence-corrected chi connectivity index (χ3v) is 5.26. The Kier molecular flexibility index (Phi) is 7.50. The molecule has 0 fully saturated rings. The Morgan fingerprint density at radius 3 is 2.39 bits per heavy atom. The highest BCUT2D eigenvalue weighted by Crippen LogP contribution is 2.33. The minimum Gasteiger partial charge on any atom is -0.502 e. The molecule has 0 aliphatic carbocycles. The van der Waals surface area contributed by atoms with Crippen LogP contribution in [0.1, 0.15) is 35.0 Å². The summed E-state index contributed by atoms with van der Waals surface area (Å²) in [6, 6.07) is 16.3. The first-order valence-corrected chi connectivity index (χ1v) is 10.4. The van der Waals surface area contributed by atoms with Crippen LogP contribution >= 0.6 is 0 Å². The Labute approximate surface area is 191 Å². The van der Waals surface area contributed by atoms with Gasteiger partial charge in [0.2, 0.25) is 23.0 Å². The normalized spacial score (nSPS) is 12.5. The number of benzene rings is 2. The van der Waals surface area contributed by atoms with Gasteiger partial charge in [-0.2, -0.15) is 0 Å². The maximum atomic E-state index is 13.0. The fourth-order valence-electron chi connectivity index (χ4n) is 3.57. The maximum Gasteiger partial charge on any atom is 0.240 e. The first-order valence-electron chi connectivity index (χ1n) is 10.4. The van der Waals surface area contributed by atoms with E-state index in [1.807, 2.05) is 30.3 Å². The number of hydrogen-bond acceptors (Lipinski definition) is 6. The molecule has 8 heteroatoms. The summed E-state index contributed by atoms with van der Waals surface area (Å²) in [4.78, 5) is 37.1. The van der Waals surface area contributed by atoms with Gasteiger partial charge in [0.15, 0.2) is 5.76 Å². The van der Waals surface area contributed by atoms with Gasteiger partial charge in [0.1, 0.15) is 17.6 Å². The number of methoxy groups -OCH3 is 1. The number of amides is 2. The second-order valence-corrected chi connectivity index (χ2v) is 7.68. The van der Waals surface area contributed by atoms with Gasteiger partial charge in [-0.1, -0.05) is 42.5 Å². The third-order valence-electron chi connectivity index (χ3n) is 5.26. The topological polar surface area (TPSA) is 132 Å². The van der Waals surface area contributed by atoms with Gasteiger partial charge in [-0.15, -0.1) is 0 Å². The molecule has 33 heavy (non-hydrogen) atoms. The van der Waals surface area contributed by atoms with E-state index in [1.54, 1.807) is 31.2 Å². The average molecular weight is 450 g/mol. The summed E-state index contributed by atoms with van der Waals surface area (Å²) in [6.45, 7) is 1.58. The number of aryl methyl sites for hydroxylation is 1. The van der Waals surface area contributed by atoms with Crippen LogP contribution in [0.15, 0.2) is 69.9 Å². The van der Waals surface area contributed by atoms with Crippen molar-refractivity contribution in [1.29, 1.82) is 0 Å². The molecular weight excluding hydrogens is 424 g/mol. The third kappa shape index (κ3) is 6.00. The molecule has 3 rings (SSSR count). The zero-order valence-corrected chi connectivity index (χ0v) is 18.4. The maximum absolute atomic E-state index is 13.0. The number of hydrogen-bond donors (Lipinski definition) is 3. The number of rotatable bonds is 9. The van der Waals surface area contributed by atoms with Crippen molar-refractivity contribution in [2.24, 2.45) is 5.73 Å². The van der Waals surface area contributed by atoms with Crippen LogP contribution in [0.2, 0.25) is 0 Å². The summed E-state index contributed by atoms with van der Waals surface area (Å²) in [5.41, 5.74) is 6.37. The van der Waals surface area contributed by atoms with Crippen molar-refractivity contribution < 1.29 is 23.8 Å². The largest absolute Gasteiger partial charge is 0.502 e. The minimum absolute atomic E-state index is 0.0287. The zero-order valence-electron chi connectivity index (χ0n) is 18.4. The van der Waals surface area contributed by atoms with Crippen LogP contribution in [-0.2, 0) is 16.0 Å². The molecule has 4 N–H and O–H groups in total. The van der Waals surface area contributed by atoms with Crippen LogP contribution < -0.4 is 21.2 Å². The van der Waals surface area contributed by atoms with Gasteiger partial charge in [0.25, 0.3) is 0 Å². The Balaban J connectivity index is 1.89. The summed E-state index contributed by atoms with van der Waals surface area (Å²) < 4.78 is 10.8. The van der Waals surface area contributed by atoms with Crippen LogP contribution in [0.3, 0.4) is 0 Å². The highest BCUT2D eigenvalue weighted by atomic mass is 16.5. The fraction of sp³-hybridized carbons (Fsp3) is 0.240. The average Bonchev–Trinajstić information content (AvgIpc) is 2.80. The molecule has 0 saturated heterocycles. The molecule has 0 saturated carbocycles. The van der Waals surface area contributed by atoms with E-state index in [-0.39, 0.29) is 18.6 Å². The first kappa shape index (κ1) is 23.6. The van der Waals surface area contributed by atoms with E-state index >= 15 is 0 Å². The molecule has 2 aromatic carbocycles. The SMILES string of the molecule is COc1ccc(C(CC(=O)NC(Cc2ccccc2)C(N)=O)c2oc(C)cc(=O)c2O)cc1. The Bertz CT molecular complexity index is 1170. The number of carbonyl (C=O) groups is 2. The van der Waals surface area contributed by atoms with Crippen molar-refractivity contribution in [1.82, 2.24) is 5.32 Å². The van der Waals surface area contributed by atoms with Crippen LogP contribution in [0.5, 0.6) is 11.5 Å². The molecular formula is C25H26N2O6. The molecule has 0 aliphatic rings. The van der Waals surface area contributed by atoms with E-state index in [1.165, 1.54) is 13.2 Å². The van der Waals surface area contributed by atoms with Crippen molar-refractivity contribution >= 4 is 11.8 Å². The Morgan fingerprint density at radius 2 is 1.79 bits per heavy atom. The molecule has 1 aromatic heterocycles. The van der Waals surface area contributed by atoms with Gasteiger partial charge in [0.05, 0.1) is 13.0 Å². The number of ether oxygens (including phenoxy) is 1. The highest BCUT2D eigenvalue weighted by Gasteiger charge is 2.27. The molecule has 0 aliphatic heterocycles. The molecule has 2 amide bonds. The van der Waals surface area contributed by atoms with Crippen molar-refractivity contribution in [2.75, 3.05) is 7.11 Å². The Morgan fingerprint density at radius 1 is 1.12 bits per heavy atom. The van der Waals surface area contributed by atoms with Crippen molar-refractivity contribution in [3.63, 3.8) is 0 Å². The van der Waals surface area contributed by atoms with Crippen LogP contribution in [0.25, 0.3) is 0 Å². The monoisotopic (exact) mass is 450 g/mol. The summed E-state index contributed by atoms with van der Waals surface area (Å²) >= 11 is 0. The number of nitrogens with two attached hydrogens (primary N) is 1. The van der Waals surface area contributed by atoms with E-state index in [9.17, 15) is 19.5 Å². The summed E-state index contributed by atoms with van der Waals surface area (Å²) in [5.74, 6) is -1.63. The fourth-order valence-corrected chi connectivity index (χ4v) is 3.57. The van der Waals surface area contributed by atoms with Crippen LogP contribution in [-0.4, -0.2) is 30.1 Å². The lowest BCUT2D eigenvalue weighted by Gasteiger charge is -2.20. The van der Waals surface area contributed by atoms with E-state index in [0.29, 0.717) is 17.1 Å². The predicted octanol–water partition coefficient (Wildman–Crippen LogP) is 2.40. The smallest absolute Gasteiger partial charge is 0.240 e. The van der Waals surface area contributed by atoms with Crippen LogP contribution in [0, 0.1) is 6.92 Å². The van der Waals surface area contributed by atoms with Gasteiger partial charge in [-0.05, 0) is 30.2 Å². The van der Waals surface area contributed by atoms with Gasteiger partial charge in [-0.25, -0.2) is 0 Å². The summed E-state index contributed by atoms with van der Waals surface area (Å²) in [5, 5.41) is 13.1. The molecule has 2 atom stereocenters. The van der Waals surface area contributed by atoms with E-state index in [0.717, 1.165) is 5.56 Å². The Hall–Kier alpha value is -4.07. The molecule has 3 aromatic rings. The van der Waals surface area contributed by atoms with Gasteiger partial charge in [0, 0.05) is 18.9 Å². The van der Waals surface area contributed by atoms with E-state index in [4.69, 9.17) is 14.9 Å². The highest BCUT2D eigenvalue weighted by molar-refractivity contribution is 5.87. The van der Waals surface area contributed by atoms with E-state index < -0.39 is 35.0 Å². The summed E-state index contributed by atoms with van der Waals surface area (Å²) in [6.07, 6.45) is 0.0464. The van der Waals surface area contributed by atoms with Crippen molar-refractivity contribution in [3.05, 3.63) is 93.5 Å². The molecule has 2 unspecified atom stereocenters. The van der Waals surface area contributed by atoms with Gasteiger partial charge in [-0.3, -0.25) is 14.4 Å². The lowest BCUT2D eigenvalue weighted by Crippen LogP contribution is -2.46. The molecule has 0 spiro atoms. The van der Waals surface area contributed by atoms with Gasteiger partial charge < -0.3 is 25.3 Å². The summed E-state index contributed by atoms with van der Waals surface area (Å²) in [7, 11) is 1.53. The van der Waals surface area contributed by atoms with Crippen molar-refractivity contribution in [2.45, 2.75) is 31.7 Å². The molecule has 1 heterocycles.